The third kappa shape index (κ3) is 2.15. The second-order valence-electron chi connectivity index (χ2n) is 4.04. The summed E-state index contributed by atoms with van der Waals surface area (Å²) < 4.78 is 2.32. The van der Waals surface area contributed by atoms with Crippen molar-refractivity contribution in [3.63, 3.8) is 0 Å². The topological polar surface area (TPSA) is 43.8 Å². The van der Waals surface area contributed by atoms with Crippen molar-refractivity contribution in [1.82, 2.24) is 9.55 Å². The summed E-state index contributed by atoms with van der Waals surface area (Å²) >= 11 is 0. The molecule has 14 heavy (non-hydrogen) atoms. The Bertz CT molecular complexity index is 267. The van der Waals surface area contributed by atoms with Crippen molar-refractivity contribution in [1.29, 1.82) is 0 Å². The first-order valence-corrected chi connectivity index (χ1v) is 5.65. The number of aromatic nitrogens is 2. The van der Waals surface area contributed by atoms with Crippen molar-refractivity contribution in [2.75, 3.05) is 6.54 Å². The molecular weight excluding hydrogens is 174 g/mol. The molecule has 78 valence electrons. The molecule has 1 aliphatic rings. The Morgan fingerprint density at radius 1 is 1.36 bits per heavy atom. The van der Waals surface area contributed by atoms with E-state index >= 15 is 0 Å². The van der Waals surface area contributed by atoms with Gasteiger partial charge in [0.25, 0.3) is 0 Å². The minimum atomic E-state index is 0.799. The maximum Gasteiger partial charge on any atom is 0.108 e. The highest BCUT2D eigenvalue weighted by molar-refractivity contribution is 5.06. The minimum Gasteiger partial charge on any atom is -0.335 e. The summed E-state index contributed by atoms with van der Waals surface area (Å²) in [6.45, 7) is 1.97. The van der Waals surface area contributed by atoms with E-state index in [1.165, 1.54) is 37.3 Å². The molecule has 0 bridgehead atoms. The van der Waals surface area contributed by atoms with E-state index < -0.39 is 0 Å². The fourth-order valence-corrected chi connectivity index (χ4v) is 2.04. The molecule has 0 spiro atoms. The van der Waals surface area contributed by atoms with Crippen LogP contribution in [0.3, 0.4) is 0 Å². The van der Waals surface area contributed by atoms with Crippen LogP contribution in [-0.4, -0.2) is 16.1 Å². The van der Waals surface area contributed by atoms with Gasteiger partial charge in [0.2, 0.25) is 0 Å². The van der Waals surface area contributed by atoms with Gasteiger partial charge in [-0.3, -0.25) is 0 Å². The highest BCUT2D eigenvalue weighted by Gasteiger charge is 2.11. The van der Waals surface area contributed by atoms with E-state index in [1.54, 1.807) is 0 Å². The van der Waals surface area contributed by atoms with Gasteiger partial charge in [-0.1, -0.05) is 0 Å². The largest absolute Gasteiger partial charge is 0.335 e. The molecule has 0 saturated carbocycles. The molecule has 1 aliphatic heterocycles. The van der Waals surface area contributed by atoms with Crippen LogP contribution in [0.25, 0.3) is 0 Å². The maximum atomic E-state index is 5.46. The first kappa shape index (κ1) is 9.71. The molecule has 2 heterocycles. The van der Waals surface area contributed by atoms with E-state index in [1.807, 2.05) is 0 Å². The van der Waals surface area contributed by atoms with Crippen LogP contribution in [0.4, 0.5) is 0 Å². The predicted molar refractivity (Wildman–Crippen MR) is 57.2 cm³/mol. The van der Waals surface area contributed by atoms with Crippen LogP contribution >= 0.6 is 0 Å². The standard InChI is InChI=1S/C11H19N3/c12-7-3-1-5-10-9-14-8-4-2-6-11(14)13-10/h9H,1-8,12H2. The zero-order valence-corrected chi connectivity index (χ0v) is 8.71. The van der Waals surface area contributed by atoms with Gasteiger partial charge in [-0.2, -0.15) is 0 Å². The average Bonchev–Trinajstić information content (AvgIpc) is 2.60. The number of hydrogen-bond acceptors (Lipinski definition) is 2. The number of nitrogens with two attached hydrogens (primary N) is 1. The molecule has 2 N–H and O–H groups in total. The van der Waals surface area contributed by atoms with Gasteiger partial charge in [0.15, 0.2) is 0 Å². The van der Waals surface area contributed by atoms with Crippen molar-refractivity contribution in [3.05, 3.63) is 17.7 Å². The third-order valence-corrected chi connectivity index (χ3v) is 2.85. The smallest absolute Gasteiger partial charge is 0.108 e. The van der Waals surface area contributed by atoms with Crippen molar-refractivity contribution < 1.29 is 0 Å². The van der Waals surface area contributed by atoms with Gasteiger partial charge >= 0.3 is 0 Å². The molecule has 0 unspecified atom stereocenters. The normalized spacial score (nSPS) is 15.5. The molecule has 0 aromatic carbocycles. The second kappa shape index (κ2) is 4.60. The predicted octanol–water partition coefficient (Wildman–Crippen LogP) is 1.50. The molecule has 3 nitrogen and oxygen atoms in total. The van der Waals surface area contributed by atoms with Gasteiger partial charge in [0, 0.05) is 19.2 Å². The Hall–Kier alpha value is -0.830. The number of unbranched alkanes of at least 4 members (excludes halogenated alkanes) is 1. The number of nitrogens with zero attached hydrogens (tertiary/aromatic N) is 2. The highest BCUT2D eigenvalue weighted by Crippen LogP contribution is 2.15. The van der Waals surface area contributed by atoms with E-state index in [9.17, 15) is 0 Å². The molecule has 3 heteroatoms. The summed E-state index contributed by atoms with van der Waals surface area (Å²) in [5.74, 6) is 1.29. The second-order valence-corrected chi connectivity index (χ2v) is 4.04. The van der Waals surface area contributed by atoms with Crippen molar-refractivity contribution in [2.24, 2.45) is 5.73 Å². The SMILES string of the molecule is NCCCCc1cn2c(n1)CCCC2. The molecule has 2 rings (SSSR count). The lowest BCUT2D eigenvalue weighted by Gasteiger charge is -2.11. The van der Waals surface area contributed by atoms with Crippen molar-refractivity contribution in [3.8, 4) is 0 Å². The Morgan fingerprint density at radius 2 is 2.29 bits per heavy atom. The van der Waals surface area contributed by atoms with Crippen LogP contribution in [0.1, 0.15) is 37.2 Å². The quantitative estimate of drug-likeness (QED) is 0.736. The Kier molecular flexibility index (Phi) is 3.19. The first-order chi connectivity index (χ1) is 6.90. The number of imidazole rings is 1. The summed E-state index contributed by atoms with van der Waals surface area (Å²) in [6.07, 6.45) is 9.39. The van der Waals surface area contributed by atoms with Crippen LogP contribution in [-0.2, 0) is 19.4 Å². The summed E-state index contributed by atoms with van der Waals surface area (Å²) in [5.41, 5.74) is 6.72. The van der Waals surface area contributed by atoms with Crippen LogP contribution < -0.4 is 5.73 Å². The molecular formula is C11H19N3. The maximum absolute atomic E-state index is 5.46. The zero-order valence-electron chi connectivity index (χ0n) is 8.71. The van der Waals surface area contributed by atoms with Crippen molar-refractivity contribution in [2.45, 2.75) is 45.1 Å². The van der Waals surface area contributed by atoms with Crippen LogP contribution in [0.5, 0.6) is 0 Å². The first-order valence-electron chi connectivity index (χ1n) is 5.65. The Morgan fingerprint density at radius 3 is 3.07 bits per heavy atom. The molecule has 0 amide bonds. The number of hydrogen-bond donors (Lipinski definition) is 1. The zero-order chi connectivity index (χ0) is 9.80. The van der Waals surface area contributed by atoms with E-state index in [4.69, 9.17) is 5.73 Å². The van der Waals surface area contributed by atoms with E-state index in [0.29, 0.717) is 0 Å². The summed E-state index contributed by atoms with van der Waals surface area (Å²) in [6, 6.07) is 0. The lowest BCUT2D eigenvalue weighted by Crippen LogP contribution is -2.08. The summed E-state index contributed by atoms with van der Waals surface area (Å²) in [7, 11) is 0. The minimum absolute atomic E-state index is 0.799. The fraction of sp³-hybridized carbons (Fsp3) is 0.727. The van der Waals surface area contributed by atoms with Gasteiger partial charge in [-0.15, -0.1) is 0 Å². The molecule has 1 aromatic rings. The molecule has 1 aromatic heterocycles. The summed E-state index contributed by atoms with van der Waals surface area (Å²) in [4.78, 5) is 4.64. The molecule has 0 radical (unpaired) electrons. The number of rotatable bonds is 4. The van der Waals surface area contributed by atoms with Crippen LogP contribution in [0.2, 0.25) is 0 Å². The molecule has 0 aliphatic carbocycles. The number of fused-ring (bicyclic) bond motifs is 1. The lowest BCUT2D eigenvalue weighted by atomic mass is 10.2. The number of aryl methyl sites for hydroxylation is 3. The monoisotopic (exact) mass is 193 g/mol. The summed E-state index contributed by atoms with van der Waals surface area (Å²) in [5, 5.41) is 0. The average molecular weight is 193 g/mol. The Labute approximate surface area is 85.3 Å². The van der Waals surface area contributed by atoms with E-state index in [0.717, 1.165) is 25.8 Å². The van der Waals surface area contributed by atoms with Crippen LogP contribution in [0, 0.1) is 0 Å². The van der Waals surface area contributed by atoms with Gasteiger partial charge in [0.1, 0.15) is 5.82 Å². The van der Waals surface area contributed by atoms with Gasteiger partial charge in [0.05, 0.1) is 5.69 Å². The fourth-order valence-electron chi connectivity index (χ4n) is 2.04. The molecule has 0 atom stereocenters. The molecule has 0 fully saturated rings. The van der Waals surface area contributed by atoms with E-state index in [2.05, 4.69) is 15.7 Å². The van der Waals surface area contributed by atoms with Gasteiger partial charge in [-0.05, 0) is 38.6 Å². The van der Waals surface area contributed by atoms with Crippen molar-refractivity contribution >= 4 is 0 Å². The molecule has 0 saturated heterocycles. The van der Waals surface area contributed by atoms with Gasteiger partial charge < -0.3 is 10.3 Å². The van der Waals surface area contributed by atoms with E-state index in [-0.39, 0.29) is 0 Å². The van der Waals surface area contributed by atoms with Crippen LogP contribution in [0.15, 0.2) is 6.20 Å². The Balaban J connectivity index is 1.94. The highest BCUT2D eigenvalue weighted by atomic mass is 15.1. The third-order valence-electron chi connectivity index (χ3n) is 2.85. The lowest BCUT2D eigenvalue weighted by molar-refractivity contribution is 0.522. The van der Waals surface area contributed by atoms with Gasteiger partial charge in [-0.25, -0.2) is 4.98 Å².